The highest BCUT2D eigenvalue weighted by Gasteiger charge is 2.39. The van der Waals surface area contributed by atoms with Crippen LogP contribution in [0.25, 0.3) is 0 Å². The zero-order valence-corrected chi connectivity index (χ0v) is 20.0. The number of benzene rings is 1. The summed E-state index contributed by atoms with van der Waals surface area (Å²) in [6.07, 6.45) is 3.06. The van der Waals surface area contributed by atoms with Crippen molar-refractivity contribution < 1.29 is 34.2 Å². The average Bonchev–Trinajstić information content (AvgIpc) is 3.55. The minimum absolute atomic E-state index is 0.0501. The molecule has 7 N–H and O–H groups in total. The van der Waals surface area contributed by atoms with Crippen molar-refractivity contribution in [2.45, 2.75) is 56.3 Å². The fourth-order valence-corrected chi connectivity index (χ4v) is 4.20. The van der Waals surface area contributed by atoms with E-state index in [-0.39, 0.29) is 25.8 Å². The summed E-state index contributed by atoms with van der Waals surface area (Å²) in [5.41, 5.74) is 7.21. The Kier molecular flexibility index (Phi) is 9.33. The normalized spacial score (nSPS) is 17.4. The van der Waals surface area contributed by atoms with E-state index in [1.54, 1.807) is 30.3 Å². The number of aromatic nitrogens is 2. The van der Waals surface area contributed by atoms with Crippen molar-refractivity contribution in [2.24, 2.45) is 5.73 Å². The molecule has 1 aromatic heterocycles. The molecule has 1 aromatic carbocycles. The van der Waals surface area contributed by atoms with Gasteiger partial charge in [-0.1, -0.05) is 30.3 Å². The zero-order chi connectivity index (χ0) is 26.9. The molecular weight excluding hydrogens is 484 g/mol. The number of rotatable bonds is 12. The third kappa shape index (κ3) is 7.61. The molecule has 4 atom stereocenters. The molecule has 2 heterocycles. The van der Waals surface area contributed by atoms with Crippen LogP contribution < -0.4 is 16.4 Å². The number of carboxylic acids is 2. The standard InChI is InChI=1S/C24H30N6O7/c25-16(10-15-12-26-13-27-15)21(33)28-17(11-20(31)32)23(35)30-8-4-7-19(30)22(34)29-18(24(36)37)9-14-5-2-1-3-6-14/h1-3,5-6,12-13,16-19H,4,7-11,25H2,(H,26,27)(H,28,33)(H,29,34)(H,31,32)(H,36,37). The number of hydrogen-bond acceptors (Lipinski definition) is 7. The molecule has 0 bridgehead atoms. The Bertz CT molecular complexity index is 1110. The minimum atomic E-state index is -1.45. The van der Waals surface area contributed by atoms with Crippen LogP contribution in [0, 0.1) is 0 Å². The van der Waals surface area contributed by atoms with E-state index in [2.05, 4.69) is 20.6 Å². The van der Waals surface area contributed by atoms with Gasteiger partial charge in [-0.25, -0.2) is 9.78 Å². The van der Waals surface area contributed by atoms with E-state index in [1.807, 2.05) is 0 Å². The predicted molar refractivity (Wildman–Crippen MR) is 129 cm³/mol. The van der Waals surface area contributed by atoms with Crippen LogP contribution in [0.4, 0.5) is 0 Å². The Balaban J connectivity index is 1.68. The summed E-state index contributed by atoms with van der Waals surface area (Å²) in [6.45, 7) is 0.152. The Hall–Kier alpha value is -4.26. The lowest BCUT2D eigenvalue weighted by Gasteiger charge is -2.29. The first kappa shape index (κ1) is 27.3. The van der Waals surface area contributed by atoms with E-state index in [9.17, 15) is 34.2 Å². The van der Waals surface area contributed by atoms with Crippen molar-refractivity contribution in [3.8, 4) is 0 Å². The van der Waals surface area contributed by atoms with Crippen LogP contribution >= 0.6 is 0 Å². The van der Waals surface area contributed by atoms with Gasteiger partial charge in [-0.05, 0) is 18.4 Å². The summed E-state index contributed by atoms with van der Waals surface area (Å²) in [5.74, 6) is -4.70. The second-order valence-electron chi connectivity index (χ2n) is 8.83. The molecule has 37 heavy (non-hydrogen) atoms. The lowest BCUT2D eigenvalue weighted by molar-refractivity contribution is -0.147. The fraction of sp³-hybridized carbons (Fsp3) is 0.417. The summed E-state index contributed by atoms with van der Waals surface area (Å²) >= 11 is 0. The smallest absolute Gasteiger partial charge is 0.326 e. The Morgan fingerprint density at radius 3 is 2.43 bits per heavy atom. The van der Waals surface area contributed by atoms with Gasteiger partial charge in [-0.2, -0.15) is 0 Å². The van der Waals surface area contributed by atoms with Gasteiger partial charge in [0.05, 0.1) is 18.8 Å². The molecule has 1 fully saturated rings. The molecule has 2 aromatic rings. The second kappa shape index (κ2) is 12.6. The van der Waals surface area contributed by atoms with Crippen molar-refractivity contribution in [3.63, 3.8) is 0 Å². The van der Waals surface area contributed by atoms with Gasteiger partial charge in [0.25, 0.3) is 0 Å². The highest BCUT2D eigenvalue weighted by molar-refractivity contribution is 5.96. The number of amides is 3. The van der Waals surface area contributed by atoms with Crippen LogP contribution in [-0.2, 0) is 36.8 Å². The molecule has 1 saturated heterocycles. The van der Waals surface area contributed by atoms with Crippen LogP contribution in [0.3, 0.4) is 0 Å². The van der Waals surface area contributed by atoms with Gasteiger partial charge < -0.3 is 36.5 Å². The van der Waals surface area contributed by atoms with Crippen LogP contribution in [0.1, 0.15) is 30.5 Å². The highest BCUT2D eigenvalue weighted by atomic mass is 16.4. The summed E-state index contributed by atoms with van der Waals surface area (Å²) in [7, 11) is 0. The van der Waals surface area contributed by atoms with Gasteiger partial charge in [-0.15, -0.1) is 0 Å². The van der Waals surface area contributed by atoms with Crippen molar-refractivity contribution in [3.05, 3.63) is 54.1 Å². The molecule has 0 saturated carbocycles. The van der Waals surface area contributed by atoms with E-state index in [4.69, 9.17) is 5.73 Å². The molecule has 13 nitrogen and oxygen atoms in total. The lowest BCUT2D eigenvalue weighted by atomic mass is 10.0. The summed E-state index contributed by atoms with van der Waals surface area (Å²) in [4.78, 5) is 69.9. The number of carbonyl (C=O) groups is 5. The third-order valence-corrected chi connectivity index (χ3v) is 6.06. The number of carbonyl (C=O) groups excluding carboxylic acids is 3. The molecule has 1 aliphatic rings. The number of likely N-dealkylation sites (tertiary alicyclic amines) is 1. The first-order valence-electron chi connectivity index (χ1n) is 11.8. The lowest BCUT2D eigenvalue weighted by Crippen LogP contribution is -2.57. The molecule has 0 aliphatic carbocycles. The molecule has 0 spiro atoms. The van der Waals surface area contributed by atoms with Crippen LogP contribution in [-0.4, -0.2) is 85.5 Å². The number of imidazole rings is 1. The molecule has 3 rings (SSSR count). The maximum atomic E-state index is 13.3. The Morgan fingerprint density at radius 2 is 1.81 bits per heavy atom. The van der Waals surface area contributed by atoms with E-state index < -0.39 is 60.2 Å². The summed E-state index contributed by atoms with van der Waals surface area (Å²) < 4.78 is 0. The fourth-order valence-electron chi connectivity index (χ4n) is 4.20. The zero-order valence-electron chi connectivity index (χ0n) is 20.0. The van der Waals surface area contributed by atoms with Gasteiger partial charge in [0, 0.05) is 31.3 Å². The molecular formula is C24H30N6O7. The maximum absolute atomic E-state index is 13.3. The van der Waals surface area contributed by atoms with Gasteiger partial charge in [0.15, 0.2) is 0 Å². The first-order valence-corrected chi connectivity index (χ1v) is 11.8. The first-order chi connectivity index (χ1) is 17.7. The number of aromatic amines is 1. The molecule has 13 heteroatoms. The summed E-state index contributed by atoms with van der Waals surface area (Å²) in [6, 6.07) is 4.03. The Morgan fingerprint density at radius 1 is 1.08 bits per heavy atom. The second-order valence-corrected chi connectivity index (χ2v) is 8.83. The Labute approximate surface area is 212 Å². The summed E-state index contributed by atoms with van der Waals surface area (Å²) in [5, 5.41) is 23.8. The van der Waals surface area contributed by atoms with E-state index in [0.29, 0.717) is 17.7 Å². The van der Waals surface area contributed by atoms with Crippen molar-refractivity contribution in [2.75, 3.05) is 6.54 Å². The molecule has 3 amide bonds. The number of nitrogens with zero attached hydrogens (tertiary/aromatic N) is 2. The quantitative estimate of drug-likeness (QED) is 0.206. The third-order valence-electron chi connectivity index (χ3n) is 6.06. The minimum Gasteiger partial charge on any atom is -0.481 e. The number of H-pyrrole nitrogens is 1. The van der Waals surface area contributed by atoms with Crippen LogP contribution in [0.15, 0.2) is 42.9 Å². The maximum Gasteiger partial charge on any atom is 0.326 e. The number of nitrogens with one attached hydrogen (secondary N) is 3. The molecule has 0 radical (unpaired) electrons. The van der Waals surface area contributed by atoms with Crippen LogP contribution in [0.2, 0.25) is 0 Å². The van der Waals surface area contributed by atoms with Crippen LogP contribution in [0.5, 0.6) is 0 Å². The van der Waals surface area contributed by atoms with Crippen molar-refractivity contribution in [1.82, 2.24) is 25.5 Å². The van der Waals surface area contributed by atoms with E-state index in [0.717, 1.165) is 0 Å². The predicted octanol–water partition coefficient (Wildman–Crippen LogP) is -0.958. The van der Waals surface area contributed by atoms with Crippen molar-refractivity contribution >= 4 is 29.7 Å². The molecule has 4 unspecified atom stereocenters. The number of nitrogens with two attached hydrogens (primary N) is 1. The van der Waals surface area contributed by atoms with Gasteiger partial charge in [0.2, 0.25) is 17.7 Å². The number of aliphatic carboxylic acids is 2. The average molecular weight is 515 g/mol. The highest BCUT2D eigenvalue weighted by Crippen LogP contribution is 2.20. The van der Waals surface area contributed by atoms with E-state index >= 15 is 0 Å². The SMILES string of the molecule is NC(Cc1cnc[nH]1)C(=O)NC(CC(=O)O)C(=O)N1CCCC1C(=O)NC(Cc1ccccc1)C(=O)O. The topological polar surface area (TPSA) is 208 Å². The van der Waals surface area contributed by atoms with E-state index in [1.165, 1.54) is 17.4 Å². The molecule has 1 aliphatic heterocycles. The number of carboxylic acid groups (broad SMARTS) is 2. The molecule has 198 valence electrons. The monoisotopic (exact) mass is 514 g/mol. The van der Waals surface area contributed by atoms with Gasteiger partial charge in [0.1, 0.15) is 18.1 Å². The number of hydrogen-bond donors (Lipinski definition) is 6. The van der Waals surface area contributed by atoms with Gasteiger partial charge >= 0.3 is 11.9 Å². The largest absolute Gasteiger partial charge is 0.481 e. The van der Waals surface area contributed by atoms with Crippen molar-refractivity contribution in [1.29, 1.82) is 0 Å². The van der Waals surface area contributed by atoms with Gasteiger partial charge in [-0.3, -0.25) is 19.2 Å².